The minimum Gasteiger partial charge on any atom is -0.395 e. The third kappa shape index (κ3) is 5.44. The van der Waals surface area contributed by atoms with Crippen LogP contribution >= 0.6 is 0 Å². The molecule has 5 heteroatoms. The van der Waals surface area contributed by atoms with Crippen molar-refractivity contribution in [2.45, 2.75) is 45.1 Å². The number of amides is 1. The Bertz CT molecular complexity index is 539. The molecule has 0 heterocycles. The van der Waals surface area contributed by atoms with E-state index in [2.05, 4.69) is 10.2 Å². The van der Waals surface area contributed by atoms with Crippen molar-refractivity contribution in [3.63, 3.8) is 0 Å². The SMILES string of the molecule is CC(=O)c1cccc(NC(=O)CN(CCO)C2CCCCC2)c1. The summed E-state index contributed by atoms with van der Waals surface area (Å²) in [5.41, 5.74) is 1.22. The fourth-order valence-electron chi connectivity index (χ4n) is 3.17. The maximum absolute atomic E-state index is 12.3. The molecule has 2 rings (SSSR count). The summed E-state index contributed by atoms with van der Waals surface area (Å²) >= 11 is 0. The minimum absolute atomic E-state index is 0.0230. The van der Waals surface area contributed by atoms with E-state index >= 15 is 0 Å². The molecular formula is C18H26N2O3. The molecule has 0 atom stereocenters. The van der Waals surface area contributed by atoms with E-state index in [1.54, 1.807) is 24.3 Å². The lowest BCUT2D eigenvalue weighted by Crippen LogP contribution is -2.43. The number of hydrogen-bond donors (Lipinski definition) is 2. The van der Waals surface area contributed by atoms with E-state index in [0.29, 0.717) is 23.8 Å². The Labute approximate surface area is 137 Å². The van der Waals surface area contributed by atoms with Crippen molar-refractivity contribution in [2.75, 3.05) is 25.0 Å². The molecule has 1 aliphatic carbocycles. The van der Waals surface area contributed by atoms with E-state index in [9.17, 15) is 14.7 Å². The van der Waals surface area contributed by atoms with Crippen LogP contribution in [0.25, 0.3) is 0 Å². The summed E-state index contributed by atoms with van der Waals surface area (Å²) in [6.07, 6.45) is 5.82. The molecule has 0 saturated heterocycles. The second-order valence-electron chi connectivity index (χ2n) is 6.17. The van der Waals surface area contributed by atoms with Gasteiger partial charge in [-0.2, -0.15) is 0 Å². The lowest BCUT2D eigenvalue weighted by atomic mass is 9.94. The second-order valence-corrected chi connectivity index (χ2v) is 6.17. The molecule has 0 aliphatic heterocycles. The highest BCUT2D eigenvalue weighted by molar-refractivity contribution is 5.97. The molecule has 1 amide bonds. The topological polar surface area (TPSA) is 69.6 Å². The first kappa shape index (κ1) is 17.6. The molecule has 1 aromatic carbocycles. The van der Waals surface area contributed by atoms with Gasteiger partial charge in [0.05, 0.1) is 13.2 Å². The first-order valence-corrected chi connectivity index (χ1v) is 8.36. The van der Waals surface area contributed by atoms with Gasteiger partial charge in [0.2, 0.25) is 5.91 Å². The van der Waals surface area contributed by atoms with Crippen molar-refractivity contribution < 1.29 is 14.7 Å². The Balaban J connectivity index is 1.95. The molecule has 0 radical (unpaired) electrons. The first-order valence-electron chi connectivity index (χ1n) is 8.36. The third-order valence-corrected chi connectivity index (χ3v) is 4.38. The standard InChI is InChI=1S/C18H26N2O3/c1-14(22)15-6-5-7-16(12-15)19-18(23)13-20(10-11-21)17-8-3-2-4-9-17/h5-7,12,17,21H,2-4,8-11,13H2,1H3,(H,19,23). The second kappa shape index (κ2) is 8.79. The predicted octanol–water partition coefficient (Wildman–Crippen LogP) is 2.45. The zero-order valence-electron chi connectivity index (χ0n) is 13.8. The van der Waals surface area contributed by atoms with Crippen LogP contribution in [0.15, 0.2) is 24.3 Å². The van der Waals surface area contributed by atoms with E-state index in [4.69, 9.17) is 0 Å². The summed E-state index contributed by atoms with van der Waals surface area (Å²) in [5.74, 6) is -0.130. The van der Waals surface area contributed by atoms with Gasteiger partial charge in [0.1, 0.15) is 0 Å². The Morgan fingerprint density at radius 2 is 2.00 bits per heavy atom. The zero-order chi connectivity index (χ0) is 16.7. The summed E-state index contributed by atoms with van der Waals surface area (Å²) in [6.45, 7) is 2.36. The lowest BCUT2D eigenvalue weighted by molar-refractivity contribution is -0.118. The van der Waals surface area contributed by atoms with Crippen LogP contribution in [0, 0.1) is 0 Å². The molecule has 0 spiro atoms. The van der Waals surface area contributed by atoms with Crippen molar-refractivity contribution in [3.05, 3.63) is 29.8 Å². The third-order valence-electron chi connectivity index (χ3n) is 4.38. The quantitative estimate of drug-likeness (QED) is 0.758. The van der Waals surface area contributed by atoms with Gasteiger partial charge in [0.15, 0.2) is 5.78 Å². The number of benzene rings is 1. The number of anilines is 1. The number of nitrogens with zero attached hydrogens (tertiary/aromatic N) is 1. The van der Waals surface area contributed by atoms with Crippen LogP contribution in [0.5, 0.6) is 0 Å². The van der Waals surface area contributed by atoms with E-state index in [0.717, 1.165) is 12.8 Å². The van der Waals surface area contributed by atoms with Gasteiger partial charge in [-0.1, -0.05) is 31.4 Å². The molecule has 5 nitrogen and oxygen atoms in total. The zero-order valence-corrected chi connectivity index (χ0v) is 13.8. The molecule has 1 saturated carbocycles. The predicted molar refractivity (Wildman–Crippen MR) is 90.6 cm³/mol. The van der Waals surface area contributed by atoms with Crippen molar-refractivity contribution in [2.24, 2.45) is 0 Å². The van der Waals surface area contributed by atoms with Crippen LogP contribution in [-0.2, 0) is 4.79 Å². The van der Waals surface area contributed by atoms with Crippen LogP contribution in [0.2, 0.25) is 0 Å². The van der Waals surface area contributed by atoms with Crippen LogP contribution in [0.4, 0.5) is 5.69 Å². The molecule has 1 aromatic rings. The molecule has 0 bridgehead atoms. The van der Waals surface area contributed by atoms with Crippen LogP contribution in [-0.4, -0.2) is 47.4 Å². The lowest BCUT2D eigenvalue weighted by Gasteiger charge is -2.33. The van der Waals surface area contributed by atoms with Gasteiger partial charge in [0, 0.05) is 23.8 Å². The van der Waals surface area contributed by atoms with Gasteiger partial charge in [0.25, 0.3) is 0 Å². The summed E-state index contributed by atoms with van der Waals surface area (Å²) in [7, 11) is 0. The van der Waals surface area contributed by atoms with E-state index in [-0.39, 0.29) is 24.8 Å². The molecule has 0 unspecified atom stereocenters. The number of Topliss-reactive ketones (excluding diaryl/α,β-unsaturated/α-hetero) is 1. The summed E-state index contributed by atoms with van der Waals surface area (Å²) < 4.78 is 0. The van der Waals surface area contributed by atoms with Gasteiger partial charge in [-0.25, -0.2) is 0 Å². The first-order chi connectivity index (χ1) is 11.1. The number of carbonyl (C=O) groups excluding carboxylic acids is 2. The van der Waals surface area contributed by atoms with E-state index < -0.39 is 0 Å². The molecule has 0 aromatic heterocycles. The summed E-state index contributed by atoms with van der Waals surface area (Å²) in [6, 6.07) is 7.35. The van der Waals surface area contributed by atoms with Gasteiger partial charge in [-0.05, 0) is 31.9 Å². The molecule has 2 N–H and O–H groups in total. The van der Waals surface area contributed by atoms with Crippen LogP contribution in [0.1, 0.15) is 49.4 Å². The summed E-state index contributed by atoms with van der Waals surface area (Å²) in [5, 5.41) is 12.1. The monoisotopic (exact) mass is 318 g/mol. The highest BCUT2D eigenvalue weighted by Crippen LogP contribution is 2.22. The van der Waals surface area contributed by atoms with Gasteiger partial charge < -0.3 is 10.4 Å². The van der Waals surface area contributed by atoms with Gasteiger partial charge in [-0.3, -0.25) is 14.5 Å². The normalized spacial score (nSPS) is 15.6. The molecule has 1 fully saturated rings. The number of aliphatic hydroxyl groups is 1. The largest absolute Gasteiger partial charge is 0.395 e. The van der Waals surface area contributed by atoms with E-state index in [1.165, 1.54) is 26.2 Å². The maximum atomic E-state index is 12.3. The Hall–Kier alpha value is -1.72. The number of carbonyl (C=O) groups is 2. The fraction of sp³-hybridized carbons (Fsp3) is 0.556. The maximum Gasteiger partial charge on any atom is 0.238 e. The fourth-order valence-corrected chi connectivity index (χ4v) is 3.17. The number of hydrogen-bond acceptors (Lipinski definition) is 4. The smallest absolute Gasteiger partial charge is 0.238 e. The van der Waals surface area contributed by atoms with Gasteiger partial charge >= 0.3 is 0 Å². The van der Waals surface area contributed by atoms with Gasteiger partial charge in [-0.15, -0.1) is 0 Å². The van der Waals surface area contributed by atoms with Crippen molar-refractivity contribution in [1.82, 2.24) is 4.90 Å². The Morgan fingerprint density at radius 1 is 1.26 bits per heavy atom. The number of ketones is 1. The highest BCUT2D eigenvalue weighted by Gasteiger charge is 2.22. The molecule has 126 valence electrons. The Kier molecular flexibility index (Phi) is 6.74. The van der Waals surface area contributed by atoms with Crippen LogP contribution < -0.4 is 5.32 Å². The van der Waals surface area contributed by atoms with Crippen LogP contribution in [0.3, 0.4) is 0 Å². The minimum atomic E-state index is -0.107. The number of nitrogens with one attached hydrogen (secondary N) is 1. The van der Waals surface area contributed by atoms with E-state index in [1.807, 2.05) is 0 Å². The average Bonchev–Trinajstić information content (AvgIpc) is 2.55. The summed E-state index contributed by atoms with van der Waals surface area (Å²) in [4.78, 5) is 25.8. The highest BCUT2D eigenvalue weighted by atomic mass is 16.3. The van der Waals surface area contributed by atoms with Crippen molar-refractivity contribution in [1.29, 1.82) is 0 Å². The number of rotatable bonds is 7. The number of aliphatic hydroxyl groups excluding tert-OH is 1. The molecule has 23 heavy (non-hydrogen) atoms. The van der Waals surface area contributed by atoms with Crippen molar-refractivity contribution in [3.8, 4) is 0 Å². The molecule has 1 aliphatic rings. The average molecular weight is 318 g/mol. The van der Waals surface area contributed by atoms with Crippen molar-refractivity contribution >= 4 is 17.4 Å². The Morgan fingerprint density at radius 3 is 2.65 bits per heavy atom. The molecular weight excluding hydrogens is 292 g/mol.